The van der Waals surface area contributed by atoms with Crippen LogP contribution in [0.3, 0.4) is 0 Å². The molecule has 2 rings (SSSR count). The van der Waals surface area contributed by atoms with E-state index in [0.29, 0.717) is 30.2 Å². The van der Waals surface area contributed by atoms with Crippen molar-refractivity contribution in [3.63, 3.8) is 0 Å². The van der Waals surface area contributed by atoms with Crippen molar-refractivity contribution in [2.75, 3.05) is 27.8 Å². The van der Waals surface area contributed by atoms with E-state index in [0.717, 1.165) is 23.2 Å². The topological polar surface area (TPSA) is 64.8 Å². The lowest BCUT2D eigenvalue weighted by atomic mass is 10.1. The number of hydrogen-bond acceptors (Lipinski definition) is 5. The van der Waals surface area contributed by atoms with Crippen molar-refractivity contribution in [3.8, 4) is 11.5 Å². The average molecular weight is 332 g/mol. The number of methoxy groups -OCH3 is 2. The largest absolute Gasteiger partial charge is 0.493 e. The molecule has 0 unspecified atom stereocenters. The van der Waals surface area contributed by atoms with Gasteiger partial charge in [0.25, 0.3) is 0 Å². The van der Waals surface area contributed by atoms with Crippen LogP contribution in [-0.4, -0.2) is 43.8 Å². The molecule has 2 aromatic rings. The second kappa shape index (κ2) is 7.86. The predicted molar refractivity (Wildman–Crippen MR) is 90.6 cm³/mol. The lowest BCUT2D eigenvalue weighted by Crippen LogP contribution is -2.30. The van der Waals surface area contributed by atoms with Gasteiger partial charge in [-0.05, 0) is 38.0 Å². The molecule has 6 heteroatoms. The van der Waals surface area contributed by atoms with Crippen molar-refractivity contribution < 1.29 is 18.8 Å². The van der Waals surface area contributed by atoms with Crippen LogP contribution in [0.15, 0.2) is 22.7 Å². The van der Waals surface area contributed by atoms with Crippen LogP contribution in [0.5, 0.6) is 11.5 Å². The molecule has 0 saturated carbocycles. The lowest BCUT2D eigenvalue weighted by molar-refractivity contribution is -0.129. The molecule has 0 saturated heterocycles. The summed E-state index contributed by atoms with van der Waals surface area (Å²) < 4.78 is 15.6. The third-order valence-electron chi connectivity index (χ3n) is 4.12. The minimum absolute atomic E-state index is 0.0462. The summed E-state index contributed by atoms with van der Waals surface area (Å²) in [4.78, 5) is 14.1. The minimum atomic E-state index is 0.0462. The molecule has 0 aliphatic rings. The van der Waals surface area contributed by atoms with Crippen LogP contribution in [0, 0.1) is 13.8 Å². The van der Waals surface area contributed by atoms with Crippen molar-refractivity contribution in [1.29, 1.82) is 0 Å². The monoisotopic (exact) mass is 332 g/mol. The number of aromatic nitrogens is 1. The zero-order chi connectivity index (χ0) is 17.7. The summed E-state index contributed by atoms with van der Waals surface area (Å²) in [6.07, 6.45) is 1.05. The number of aryl methyl sites for hydroxylation is 2. The van der Waals surface area contributed by atoms with Gasteiger partial charge in [-0.15, -0.1) is 0 Å². The zero-order valence-corrected chi connectivity index (χ0v) is 14.9. The second-order valence-electron chi connectivity index (χ2n) is 5.73. The molecule has 0 spiro atoms. The Morgan fingerprint density at radius 3 is 2.50 bits per heavy atom. The van der Waals surface area contributed by atoms with Gasteiger partial charge in [0.2, 0.25) is 5.91 Å². The average Bonchev–Trinajstić information content (AvgIpc) is 2.91. The fourth-order valence-corrected chi connectivity index (χ4v) is 2.50. The minimum Gasteiger partial charge on any atom is -0.493 e. The summed E-state index contributed by atoms with van der Waals surface area (Å²) in [6.45, 7) is 4.30. The van der Waals surface area contributed by atoms with Gasteiger partial charge in [0, 0.05) is 19.2 Å². The predicted octanol–water partition coefficient (Wildman–Crippen LogP) is 2.55. The maximum atomic E-state index is 12.4. The number of hydrogen-bond donors (Lipinski definition) is 0. The summed E-state index contributed by atoms with van der Waals surface area (Å²) in [5, 5.41) is 3.89. The number of rotatable bonds is 7. The highest BCUT2D eigenvalue weighted by atomic mass is 16.5. The number of benzene rings is 1. The third-order valence-corrected chi connectivity index (χ3v) is 4.12. The van der Waals surface area contributed by atoms with Crippen molar-refractivity contribution in [2.24, 2.45) is 0 Å². The first-order chi connectivity index (χ1) is 11.5. The molecule has 130 valence electrons. The van der Waals surface area contributed by atoms with Gasteiger partial charge >= 0.3 is 0 Å². The molecule has 1 heterocycles. The normalized spacial score (nSPS) is 10.5. The van der Waals surface area contributed by atoms with Crippen LogP contribution in [0.1, 0.15) is 22.6 Å². The molecule has 6 nitrogen and oxygen atoms in total. The number of carbonyl (C=O) groups excluding carboxylic acids is 1. The van der Waals surface area contributed by atoms with Gasteiger partial charge in [-0.3, -0.25) is 4.79 Å². The van der Waals surface area contributed by atoms with E-state index in [2.05, 4.69) is 5.16 Å². The first-order valence-corrected chi connectivity index (χ1v) is 7.82. The molecule has 0 aliphatic carbocycles. The van der Waals surface area contributed by atoms with E-state index in [9.17, 15) is 4.79 Å². The summed E-state index contributed by atoms with van der Waals surface area (Å²) in [5.41, 5.74) is 2.73. The van der Waals surface area contributed by atoms with E-state index < -0.39 is 0 Å². The molecular weight excluding hydrogens is 308 g/mol. The molecule has 0 radical (unpaired) electrons. The van der Waals surface area contributed by atoms with E-state index in [1.165, 1.54) is 0 Å². The van der Waals surface area contributed by atoms with Gasteiger partial charge < -0.3 is 18.9 Å². The highest BCUT2D eigenvalue weighted by Gasteiger charge is 2.16. The molecule has 0 N–H and O–H groups in total. The standard InChI is InChI=1S/C18H24N2O4/c1-12-15(13(2)24-19-12)11-18(21)20(3)9-8-14-6-7-16(22-4)17(10-14)23-5/h6-7,10H,8-9,11H2,1-5H3. The van der Waals surface area contributed by atoms with Crippen molar-refractivity contribution in [1.82, 2.24) is 10.1 Å². The highest BCUT2D eigenvalue weighted by Crippen LogP contribution is 2.27. The van der Waals surface area contributed by atoms with E-state index in [1.54, 1.807) is 26.2 Å². The van der Waals surface area contributed by atoms with Crippen LogP contribution in [0.4, 0.5) is 0 Å². The Labute approximate surface area is 142 Å². The Kier molecular flexibility index (Phi) is 5.84. The van der Waals surface area contributed by atoms with Crippen LogP contribution in [0.2, 0.25) is 0 Å². The number of ether oxygens (including phenoxy) is 2. The van der Waals surface area contributed by atoms with E-state index in [1.807, 2.05) is 32.0 Å². The van der Waals surface area contributed by atoms with Crippen LogP contribution in [-0.2, 0) is 17.6 Å². The Morgan fingerprint density at radius 1 is 1.21 bits per heavy atom. The van der Waals surface area contributed by atoms with Gasteiger partial charge in [-0.25, -0.2) is 0 Å². The molecule has 1 aromatic carbocycles. The molecule has 0 aliphatic heterocycles. The van der Waals surface area contributed by atoms with Crippen molar-refractivity contribution in [2.45, 2.75) is 26.7 Å². The third kappa shape index (κ3) is 4.07. The maximum Gasteiger partial charge on any atom is 0.226 e. The van der Waals surface area contributed by atoms with Crippen LogP contribution >= 0.6 is 0 Å². The molecule has 0 atom stereocenters. The fourth-order valence-electron chi connectivity index (χ4n) is 2.50. The lowest BCUT2D eigenvalue weighted by Gasteiger charge is -2.17. The highest BCUT2D eigenvalue weighted by molar-refractivity contribution is 5.79. The fraction of sp³-hybridized carbons (Fsp3) is 0.444. The Morgan fingerprint density at radius 2 is 1.92 bits per heavy atom. The summed E-state index contributed by atoms with van der Waals surface area (Å²) in [5.74, 6) is 2.14. The van der Waals surface area contributed by atoms with Gasteiger partial charge in [0.15, 0.2) is 11.5 Å². The second-order valence-corrected chi connectivity index (χ2v) is 5.73. The molecule has 24 heavy (non-hydrogen) atoms. The van der Waals surface area contributed by atoms with E-state index in [4.69, 9.17) is 14.0 Å². The summed E-state index contributed by atoms with van der Waals surface area (Å²) in [7, 11) is 5.03. The summed E-state index contributed by atoms with van der Waals surface area (Å²) >= 11 is 0. The zero-order valence-electron chi connectivity index (χ0n) is 14.9. The smallest absolute Gasteiger partial charge is 0.226 e. The number of nitrogens with zero attached hydrogens (tertiary/aromatic N) is 2. The van der Waals surface area contributed by atoms with Gasteiger partial charge in [0.05, 0.1) is 26.3 Å². The van der Waals surface area contributed by atoms with Gasteiger partial charge in [-0.2, -0.15) is 0 Å². The van der Waals surface area contributed by atoms with Gasteiger partial charge in [-0.1, -0.05) is 11.2 Å². The van der Waals surface area contributed by atoms with Gasteiger partial charge in [0.1, 0.15) is 5.76 Å². The molecule has 1 amide bonds. The Bertz CT molecular complexity index is 690. The van der Waals surface area contributed by atoms with Crippen LogP contribution < -0.4 is 9.47 Å². The first kappa shape index (κ1) is 17.8. The van der Waals surface area contributed by atoms with E-state index >= 15 is 0 Å². The summed E-state index contributed by atoms with van der Waals surface area (Å²) in [6, 6.07) is 5.79. The Balaban J connectivity index is 1.95. The first-order valence-electron chi connectivity index (χ1n) is 7.82. The molecule has 1 aromatic heterocycles. The molecule has 0 fully saturated rings. The number of carbonyl (C=O) groups is 1. The maximum absolute atomic E-state index is 12.4. The quantitative estimate of drug-likeness (QED) is 0.779. The number of amides is 1. The van der Waals surface area contributed by atoms with E-state index in [-0.39, 0.29) is 5.91 Å². The van der Waals surface area contributed by atoms with Crippen molar-refractivity contribution in [3.05, 3.63) is 40.8 Å². The SMILES string of the molecule is COc1ccc(CCN(C)C(=O)Cc2c(C)noc2C)cc1OC. The van der Waals surface area contributed by atoms with Crippen LogP contribution in [0.25, 0.3) is 0 Å². The Hall–Kier alpha value is -2.50. The molecule has 0 bridgehead atoms. The number of likely N-dealkylation sites (N-methyl/N-ethyl adjacent to an activating group) is 1. The van der Waals surface area contributed by atoms with Crippen molar-refractivity contribution >= 4 is 5.91 Å². The molecular formula is C18H24N2O4.